The molecule has 1 N–H and O–H groups in total. The Morgan fingerprint density at radius 1 is 1.29 bits per heavy atom. The normalized spacial score (nSPS) is 34.9. The minimum Gasteiger partial charge on any atom is -0.317 e. The van der Waals surface area contributed by atoms with E-state index in [4.69, 9.17) is 0 Å². The summed E-state index contributed by atoms with van der Waals surface area (Å²) in [5.41, 5.74) is 0. The van der Waals surface area contributed by atoms with Crippen molar-refractivity contribution < 1.29 is 0 Å². The molecule has 2 rings (SSSR count). The van der Waals surface area contributed by atoms with E-state index in [9.17, 15) is 0 Å². The van der Waals surface area contributed by atoms with Crippen LogP contribution < -0.4 is 5.32 Å². The van der Waals surface area contributed by atoms with Gasteiger partial charge in [0.15, 0.2) is 0 Å². The largest absolute Gasteiger partial charge is 0.317 e. The number of hydrogen-bond acceptors (Lipinski definition) is 3. The molecule has 0 amide bonds. The summed E-state index contributed by atoms with van der Waals surface area (Å²) in [5.74, 6) is 0.896. The average Bonchev–Trinajstić information content (AvgIpc) is 2.28. The zero-order valence-electron chi connectivity index (χ0n) is 11.8. The number of hydrogen-bond donors (Lipinski definition) is 1. The number of nitrogens with one attached hydrogen (secondary N) is 1. The molecule has 2 fully saturated rings. The molecule has 2 aliphatic rings. The van der Waals surface area contributed by atoms with Crippen molar-refractivity contribution in [1.82, 2.24) is 15.1 Å². The van der Waals surface area contributed by atoms with Crippen LogP contribution in [-0.2, 0) is 0 Å². The second kappa shape index (κ2) is 6.17. The fourth-order valence-electron chi connectivity index (χ4n) is 3.40. The monoisotopic (exact) mass is 239 g/mol. The molecular weight excluding hydrogens is 210 g/mol. The molecule has 1 saturated heterocycles. The molecule has 1 saturated carbocycles. The van der Waals surface area contributed by atoms with Gasteiger partial charge in [0.05, 0.1) is 0 Å². The summed E-state index contributed by atoms with van der Waals surface area (Å²) < 4.78 is 0. The minimum absolute atomic E-state index is 0.795. The Hall–Kier alpha value is -0.120. The molecule has 3 heteroatoms. The van der Waals surface area contributed by atoms with Crippen LogP contribution in [0.5, 0.6) is 0 Å². The third-order valence-corrected chi connectivity index (χ3v) is 4.73. The Bertz CT molecular complexity index is 232. The summed E-state index contributed by atoms with van der Waals surface area (Å²) in [5, 5.41) is 3.51. The lowest BCUT2D eigenvalue weighted by molar-refractivity contribution is 0.0229. The van der Waals surface area contributed by atoms with E-state index in [0.717, 1.165) is 24.5 Å². The maximum Gasteiger partial charge on any atom is 0.0223 e. The highest BCUT2D eigenvalue weighted by Gasteiger charge is 2.36. The zero-order chi connectivity index (χ0) is 12.3. The van der Waals surface area contributed by atoms with Crippen molar-refractivity contribution in [2.24, 2.45) is 5.92 Å². The average molecular weight is 239 g/mol. The maximum absolute atomic E-state index is 3.51. The van der Waals surface area contributed by atoms with Gasteiger partial charge in [0.25, 0.3) is 0 Å². The molecule has 0 aromatic carbocycles. The Morgan fingerprint density at radius 3 is 2.71 bits per heavy atom. The molecule has 1 aliphatic carbocycles. The van der Waals surface area contributed by atoms with Crippen LogP contribution in [0.25, 0.3) is 0 Å². The second-order valence-corrected chi connectivity index (χ2v) is 5.94. The summed E-state index contributed by atoms with van der Waals surface area (Å²) >= 11 is 0. The Balaban J connectivity index is 1.80. The van der Waals surface area contributed by atoms with Crippen molar-refractivity contribution in [3.05, 3.63) is 0 Å². The van der Waals surface area contributed by atoms with Crippen LogP contribution in [0.2, 0.25) is 0 Å². The van der Waals surface area contributed by atoms with E-state index < -0.39 is 0 Å². The predicted molar refractivity (Wildman–Crippen MR) is 73.3 cm³/mol. The summed E-state index contributed by atoms with van der Waals surface area (Å²) in [4.78, 5) is 5.17. The van der Waals surface area contributed by atoms with Gasteiger partial charge in [0, 0.05) is 18.6 Å². The lowest BCUT2D eigenvalue weighted by Gasteiger charge is -2.48. The molecule has 0 aromatic rings. The van der Waals surface area contributed by atoms with Gasteiger partial charge in [0.2, 0.25) is 0 Å². The molecule has 0 aromatic heterocycles. The quantitative estimate of drug-likeness (QED) is 0.782. The number of piperidine rings is 1. The molecule has 0 radical (unpaired) electrons. The van der Waals surface area contributed by atoms with Crippen molar-refractivity contribution in [3.63, 3.8) is 0 Å². The van der Waals surface area contributed by atoms with Gasteiger partial charge < -0.3 is 10.2 Å². The topological polar surface area (TPSA) is 18.5 Å². The Labute approximate surface area is 107 Å². The van der Waals surface area contributed by atoms with E-state index in [1.54, 1.807) is 0 Å². The van der Waals surface area contributed by atoms with Crippen molar-refractivity contribution >= 4 is 0 Å². The first kappa shape index (κ1) is 13.3. The number of rotatable bonds is 5. The van der Waals surface area contributed by atoms with Gasteiger partial charge in [-0.15, -0.1) is 0 Å². The highest BCUT2D eigenvalue weighted by molar-refractivity contribution is 4.92. The van der Waals surface area contributed by atoms with Gasteiger partial charge in [0.1, 0.15) is 0 Å². The van der Waals surface area contributed by atoms with Crippen LogP contribution >= 0.6 is 0 Å². The standard InChI is InChI=1S/C14H29N3/c1-4-15-10-12-7-8-14(12)17(3)13-6-5-9-16(2)11-13/h12-15H,4-11H2,1-3H3. The fraction of sp³-hybridized carbons (Fsp3) is 1.00. The number of likely N-dealkylation sites (tertiary alicyclic amines) is 1. The molecular formula is C14H29N3. The summed E-state index contributed by atoms with van der Waals surface area (Å²) in [6.45, 7) is 7.08. The first-order chi connectivity index (χ1) is 8.22. The van der Waals surface area contributed by atoms with Crippen molar-refractivity contribution in [3.8, 4) is 0 Å². The van der Waals surface area contributed by atoms with Crippen LogP contribution in [0.3, 0.4) is 0 Å². The van der Waals surface area contributed by atoms with Crippen molar-refractivity contribution in [2.75, 3.05) is 40.3 Å². The van der Waals surface area contributed by atoms with E-state index in [-0.39, 0.29) is 0 Å². The van der Waals surface area contributed by atoms with Crippen molar-refractivity contribution in [1.29, 1.82) is 0 Å². The van der Waals surface area contributed by atoms with E-state index in [1.165, 1.54) is 45.3 Å². The second-order valence-electron chi connectivity index (χ2n) is 5.94. The predicted octanol–water partition coefficient (Wildman–Crippen LogP) is 1.40. The lowest BCUT2D eigenvalue weighted by Crippen LogP contribution is -2.56. The zero-order valence-corrected chi connectivity index (χ0v) is 11.8. The molecule has 3 atom stereocenters. The van der Waals surface area contributed by atoms with Gasteiger partial charge >= 0.3 is 0 Å². The molecule has 0 bridgehead atoms. The summed E-state index contributed by atoms with van der Waals surface area (Å²) in [6, 6.07) is 1.63. The van der Waals surface area contributed by atoms with E-state index >= 15 is 0 Å². The summed E-state index contributed by atoms with van der Waals surface area (Å²) in [7, 11) is 4.61. The molecule has 1 aliphatic heterocycles. The molecule has 100 valence electrons. The van der Waals surface area contributed by atoms with Crippen LogP contribution in [0.15, 0.2) is 0 Å². The van der Waals surface area contributed by atoms with Gasteiger partial charge in [-0.1, -0.05) is 6.92 Å². The lowest BCUT2D eigenvalue weighted by atomic mass is 9.77. The van der Waals surface area contributed by atoms with E-state index in [0.29, 0.717) is 0 Å². The highest BCUT2D eigenvalue weighted by Crippen LogP contribution is 2.33. The van der Waals surface area contributed by atoms with Gasteiger partial charge in [-0.25, -0.2) is 0 Å². The fourth-order valence-corrected chi connectivity index (χ4v) is 3.40. The van der Waals surface area contributed by atoms with Gasteiger partial charge in [-0.2, -0.15) is 0 Å². The van der Waals surface area contributed by atoms with Crippen LogP contribution in [0.1, 0.15) is 32.6 Å². The SMILES string of the molecule is CCNCC1CCC1N(C)C1CCCN(C)C1. The summed E-state index contributed by atoms with van der Waals surface area (Å²) in [6.07, 6.45) is 5.60. The maximum atomic E-state index is 3.51. The van der Waals surface area contributed by atoms with Crippen LogP contribution in [0, 0.1) is 5.92 Å². The first-order valence-corrected chi connectivity index (χ1v) is 7.33. The smallest absolute Gasteiger partial charge is 0.0223 e. The van der Waals surface area contributed by atoms with Crippen molar-refractivity contribution in [2.45, 2.75) is 44.7 Å². The molecule has 3 nitrogen and oxygen atoms in total. The van der Waals surface area contributed by atoms with Gasteiger partial charge in [-0.05, 0) is 65.3 Å². The molecule has 3 unspecified atom stereocenters. The van der Waals surface area contributed by atoms with Gasteiger partial charge in [-0.3, -0.25) is 4.90 Å². The minimum atomic E-state index is 0.795. The van der Waals surface area contributed by atoms with Crippen LogP contribution in [-0.4, -0.2) is 62.2 Å². The third kappa shape index (κ3) is 3.21. The third-order valence-electron chi connectivity index (χ3n) is 4.73. The number of nitrogens with zero attached hydrogens (tertiary/aromatic N) is 2. The van der Waals surface area contributed by atoms with Crippen LogP contribution in [0.4, 0.5) is 0 Å². The molecule has 1 heterocycles. The Morgan fingerprint density at radius 2 is 2.12 bits per heavy atom. The molecule has 0 spiro atoms. The van der Waals surface area contributed by atoms with E-state index in [2.05, 4.69) is 36.1 Å². The number of likely N-dealkylation sites (N-methyl/N-ethyl adjacent to an activating group) is 2. The van der Waals surface area contributed by atoms with E-state index in [1.807, 2.05) is 0 Å². The first-order valence-electron chi connectivity index (χ1n) is 7.33. The Kier molecular flexibility index (Phi) is 4.83. The highest BCUT2D eigenvalue weighted by atomic mass is 15.2. The molecule has 17 heavy (non-hydrogen) atoms.